The second-order valence-electron chi connectivity index (χ2n) is 5.46. The monoisotopic (exact) mass is 277 g/mol. The maximum atomic E-state index is 12.4. The van der Waals surface area contributed by atoms with Crippen LogP contribution in [0.3, 0.4) is 0 Å². The van der Waals surface area contributed by atoms with Crippen molar-refractivity contribution in [3.05, 3.63) is 23.4 Å². The van der Waals surface area contributed by atoms with Gasteiger partial charge in [0.05, 0.1) is 0 Å². The van der Waals surface area contributed by atoms with Gasteiger partial charge in [-0.05, 0) is 30.9 Å². The molecule has 4 heteroatoms. The maximum Gasteiger partial charge on any atom is 0.251 e. The van der Waals surface area contributed by atoms with Gasteiger partial charge in [0.25, 0.3) is 5.91 Å². The second-order valence-corrected chi connectivity index (χ2v) is 5.46. The molecule has 0 spiro atoms. The highest BCUT2D eigenvalue weighted by Crippen LogP contribution is 2.13. The zero-order chi connectivity index (χ0) is 15.1. The SMILES string of the molecule is CCCc1cc(C(=O)NC(CC)C(C)C)cc(NC)n1. The van der Waals surface area contributed by atoms with Crippen LogP contribution in [0.5, 0.6) is 0 Å². The molecule has 1 unspecified atom stereocenters. The number of pyridine rings is 1. The predicted molar refractivity (Wildman–Crippen MR) is 84.2 cm³/mol. The van der Waals surface area contributed by atoms with Crippen molar-refractivity contribution >= 4 is 11.7 Å². The van der Waals surface area contributed by atoms with Crippen LogP contribution >= 0.6 is 0 Å². The molecule has 0 radical (unpaired) electrons. The Morgan fingerprint density at radius 3 is 2.50 bits per heavy atom. The van der Waals surface area contributed by atoms with Gasteiger partial charge in [-0.1, -0.05) is 34.1 Å². The van der Waals surface area contributed by atoms with Crippen LogP contribution in [-0.2, 0) is 6.42 Å². The Labute approximate surface area is 122 Å². The molecular formula is C16H27N3O. The number of carbonyl (C=O) groups excluding carboxylic acids is 1. The van der Waals surface area contributed by atoms with Crippen LogP contribution in [0.4, 0.5) is 5.82 Å². The molecule has 1 amide bonds. The van der Waals surface area contributed by atoms with Crippen LogP contribution in [-0.4, -0.2) is 24.0 Å². The fourth-order valence-corrected chi connectivity index (χ4v) is 2.22. The highest BCUT2D eigenvalue weighted by Gasteiger charge is 2.16. The van der Waals surface area contributed by atoms with Gasteiger partial charge in [0.1, 0.15) is 5.82 Å². The van der Waals surface area contributed by atoms with Crippen molar-refractivity contribution in [3.8, 4) is 0 Å². The highest BCUT2D eigenvalue weighted by molar-refractivity contribution is 5.95. The predicted octanol–water partition coefficient (Wildman–Crippen LogP) is 3.24. The molecule has 0 saturated carbocycles. The van der Waals surface area contributed by atoms with Gasteiger partial charge in [0.15, 0.2) is 0 Å². The summed E-state index contributed by atoms with van der Waals surface area (Å²) in [4.78, 5) is 16.8. The molecule has 0 aliphatic carbocycles. The molecule has 20 heavy (non-hydrogen) atoms. The van der Waals surface area contributed by atoms with Crippen molar-refractivity contribution in [2.45, 2.75) is 53.0 Å². The summed E-state index contributed by atoms with van der Waals surface area (Å²) in [6.07, 6.45) is 2.84. The van der Waals surface area contributed by atoms with E-state index < -0.39 is 0 Å². The Hall–Kier alpha value is -1.58. The van der Waals surface area contributed by atoms with E-state index in [4.69, 9.17) is 0 Å². The van der Waals surface area contributed by atoms with Gasteiger partial charge < -0.3 is 10.6 Å². The standard InChI is InChI=1S/C16H27N3O/c1-6-8-13-9-12(10-15(17-5)18-13)16(20)19-14(7-2)11(3)4/h9-11,14H,6-8H2,1-5H3,(H,17,18)(H,19,20). The summed E-state index contributed by atoms with van der Waals surface area (Å²) >= 11 is 0. The minimum absolute atomic E-state index is 0.0122. The van der Waals surface area contributed by atoms with E-state index in [1.54, 1.807) is 0 Å². The summed E-state index contributed by atoms with van der Waals surface area (Å²) in [6, 6.07) is 3.91. The first-order chi connectivity index (χ1) is 9.51. The first kappa shape index (κ1) is 16.5. The Bertz CT molecular complexity index is 443. The Balaban J connectivity index is 2.93. The number of aryl methyl sites for hydroxylation is 1. The van der Waals surface area contributed by atoms with E-state index in [0.717, 1.165) is 30.8 Å². The lowest BCUT2D eigenvalue weighted by atomic mass is 10.0. The average Bonchev–Trinajstić information content (AvgIpc) is 2.44. The first-order valence-electron chi connectivity index (χ1n) is 7.51. The van der Waals surface area contributed by atoms with Crippen molar-refractivity contribution in [1.29, 1.82) is 0 Å². The summed E-state index contributed by atoms with van der Waals surface area (Å²) in [5.74, 6) is 1.17. The van der Waals surface area contributed by atoms with Gasteiger partial charge in [-0.2, -0.15) is 0 Å². The fourth-order valence-electron chi connectivity index (χ4n) is 2.22. The van der Waals surface area contributed by atoms with Gasteiger partial charge in [0.2, 0.25) is 0 Å². The van der Waals surface area contributed by atoms with Crippen molar-refractivity contribution in [2.24, 2.45) is 5.92 Å². The minimum Gasteiger partial charge on any atom is -0.373 e. The second kappa shape index (κ2) is 7.88. The number of nitrogens with zero attached hydrogens (tertiary/aromatic N) is 1. The number of hydrogen-bond donors (Lipinski definition) is 2. The van der Waals surface area contributed by atoms with Crippen molar-refractivity contribution in [3.63, 3.8) is 0 Å². The third kappa shape index (κ3) is 4.51. The molecular weight excluding hydrogens is 250 g/mol. The average molecular weight is 277 g/mol. The smallest absolute Gasteiger partial charge is 0.251 e. The molecule has 0 aliphatic rings. The van der Waals surface area contributed by atoms with Gasteiger partial charge in [-0.25, -0.2) is 4.98 Å². The molecule has 0 aromatic carbocycles. The zero-order valence-electron chi connectivity index (χ0n) is 13.3. The Morgan fingerprint density at radius 1 is 1.30 bits per heavy atom. The summed E-state index contributed by atoms with van der Waals surface area (Å²) in [5, 5.41) is 6.13. The van der Waals surface area contributed by atoms with E-state index in [9.17, 15) is 4.79 Å². The molecule has 2 N–H and O–H groups in total. The number of hydrogen-bond acceptors (Lipinski definition) is 3. The van der Waals surface area contributed by atoms with E-state index >= 15 is 0 Å². The van der Waals surface area contributed by atoms with Crippen LogP contribution in [0.15, 0.2) is 12.1 Å². The third-order valence-corrected chi connectivity index (χ3v) is 3.46. The van der Waals surface area contributed by atoms with Crippen LogP contribution in [0.2, 0.25) is 0 Å². The zero-order valence-corrected chi connectivity index (χ0v) is 13.3. The molecule has 0 fully saturated rings. The number of anilines is 1. The van der Waals surface area contributed by atoms with E-state index in [1.807, 2.05) is 19.2 Å². The minimum atomic E-state index is -0.0122. The lowest BCUT2D eigenvalue weighted by molar-refractivity contribution is 0.0924. The number of aromatic nitrogens is 1. The van der Waals surface area contributed by atoms with Crippen LogP contribution < -0.4 is 10.6 Å². The molecule has 0 saturated heterocycles. The third-order valence-electron chi connectivity index (χ3n) is 3.46. The quantitative estimate of drug-likeness (QED) is 0.804. The molecule has 1 atom stereocenters. The van der Waals surface area contributed by atoms with Crippen molar-refractivity contribution < 1.29 is 4.79 Å². The highest BCUT2D eigenvalue weighted by atomic mass is 16.1. The van der Waals surface area contributed by atoms with E-state index in [1.165, 1.54) is 0 Å². The number of carbonyl (C=O) groups is 1. The number of nitrogens with one attached hydrogen (secondary N) is 2. The molecule has 1 heterocycles. The Kier molecular flexibility index (Phi) is 6.49. The first-order valence-corrected chi connectivity index (χ1v) is 7.51. The lowest BCUT2D eigenvalue weighted by Gasteiger charge is -2.21. The normalized spacial score (nSPS) is 12.3. The summed E-state index contributed by atoms with van der Waals surface area (Å²) in [5.41, 5.74) is 1.65. The van der Waals surface area contributed by atoms with E-state index in [0.29, 0.717) is 11.5 Å². The Morgan fingerprint density at radius 2 is 2.00 bits per heavy atom. The van der Waals surface area contributed by atoms with E-state index in [2.05, 4.69) is 43.3 Å². The van der Waals surface area contributed by atoms with Gasteiger partial charge in [-0.3, -0.25) is 4.79 Å². The van der Waals surface area contributed by atoms with Gasteiger partial charge in [0, 0.05) is 24.3 Å². The lowest BCUT2D eigenvalue weighted by Crippen LogP contribution is -2.38. The summed E-state index contributed by atoms with van der Waals surface area (Å²) in [6.45, 7) is 8.46. The molecule has 112 valence electrons. The van der Waals surface area contributed by atoms with E-state index in [-0.39, 0.29) is 11.9 Å². The van der Waals surface area contributed by atoms with Crippen molar-refractivity contribution in [2.75, 3.05) is 12.4 Å². The van der Waals surface area contributed by atoms with Crippen LogP contribution in [0, 0.1) is 5.92 Å². The van der Waals surface area contributed by atoms with Gasteiger partial charge in [-0.15, -0.1) is 0 Å². The fraction of sp³-hybridized carbons (Fsp3) is 0.625. The molecule has 0 bridgehead atoms. The summed E-state index contributed by atoms with van der Waals surface area (Å²) < 4.78 is 0. The number of rotatable bonds is 7. The molecule has 1 aromatic heterocycles. The summed E-state index contributed by atoms with van der Waals surface area (Å²) in [7, 11) is 1.82. The number of amides is 1. The van der Waals surface area contributed by atoms with Gasteiger partial charge >= 0.3 is 0 Å². The largest absolute Gasteiger partial charge is 0.373 e. The molecule has 1 aromatic rings. The molecule has 1 rings (SSSR count). The van der Waals surface area contributed by atoms with Crippen LogP contribution in [0.1, 0.15) is 56.6 Å². The molecule has 0 aliphatic heterocycles. The maximum absolute atomic E-state index is 12.4. The topological polar surface area (TPSA) is 54.0 Å². The van der Waals surface area contributed by atoms with Crippen LogP contribution in [0.25, 0.3) is 0 Å². The molecule has 4 nitrogen and oxygen atoms in total. The van der Waals surface area contributed by atoms with Crippen molar-refractivity contribution in [1.82, 2.24) is 10.3 Å².